The molecule has 0 bridgehead atoms. The van der Waals surface area contributed by atoms with Gasteiger partial charge in [-0.25, -0.2) is 13.1 Å². The highest BCUT2D eigenvalue weighted by molar-refractivity contribution is 7.89. The lowest BCUT2D eigenvalue weighted by atomic mass is 10.2. The van der Waals surface area contributed by atoms with E-state index in [9.17, 15) is 8.42 Å². The van der Waals surface area contributed by atoms with Crippen LogP contribution in [0.2, 0.25) is 0 Å². The van der Waals surface area contributed by atoms with Crippen LogP contribution < -0.4 is 10.0 Å². The van der Waals surface area contributed by atoms with Crippen LogP contribution in [0.15, 0.2) is 16.3 Å². The van der Waals surface area contributed by atoms with Crippen molar-refractivity contribution in [2.45, 2.75) is 17.5 Å². The van der Waals surface area contributed by atoms with Gasteiger partial charge in [-0.3, -0.25) is 4.90 Å². The molecule has 1 fully saturated rings. The first kappa shape index (κ1) is 16.9. The Labute approximate surface area is 131 Å². The van der Waals surface area contributed by atoms with Crippen LogP contribution in [0, 0.1) is 0 Å². The summed E-state index contributed by atoms with van der Waals surface area (Å²) in [5, 5.41) is 4.83. The molecule has 0 radical (unpaired) electrons. The van der Waals surface area contributed by atoms with Gasteiger partial charge in [-0.2, -0.15) is 0 Å². The van der Waals surface area contributed by atoms with Crippen LogP contribution in [-0.4, -0.2) is 71.6 Å². The molecule has 1 unspecified atom stereocenters. The zero-order chi connectivity index (χ0) is 15.5. The molecule has 0 saturated carbocycles. The normalized spacial score (nSPS) is 21.8. The van der Waals surface area contributed by atoms with E-state index in [0.717, 1.165) is 24.5 Å². The van der Waals surface area contributed by atoms with Gasteiger partial charge in [-0.15, -0.1) is 11.3 Å². The lowest BCUT2D eigenvalue weighted by molar-refractivity contribution is 0.117. The molecule has 1 atom stereocenters. The van der Waals surface area contributed by atoms with Gasteiger partial charge in [0.2, 0.25) is 10.0 Å². The number of piperazine rings is 1. The second kappa shape index (κ2) is 7.17. The van der Waals surface area contributed by atoms with Crippen molar-refractivity contribution in [2.75, 3.05) is 47.3 Å². The molecular formula is C13H24N4O2S2. The van der Waals surface area contributed by atoms with Gasteiger partial charge in [-0.1, -0.05) is 0 Å². The number of nitrogens with zero attached hydrogens (tertiary/aromatic N) is 2. The van der Waals surface area contributed by atoms with Crippen molar-refractivity contribution in [1.82, 2.24) is 19.8 Å². The summed E-state index contributed by atoms with van der Waals surface area (Å²) in [5.74, 6) is 0. The van der Waals surface area contributed by atoms with E-state index in [4.69, 9.17) is 0 Å². The molecule has 8 heteroatoms. The number of hydrogen-bond acceptors (Lipinski definition) is 6. The molecule has 0 amide bonds. The third-order valence-electron chi connectivity index (χ3n) is 3.82. The van der Waals surface area contributed by atoms with E-state index in [0.29, 0.717) is 18.0 Å². The summed E-state index contributed by atoms with van der Waals surface area (Å²) in [4.78, 5) is 5.69. The highest BCUT2D eigenvalue weighted by atomic mass is 32.2. The van der Waals surface area contributed by atoms with Gasteiger partial charge < -0.3 is 10.2 Å². The van der Waals surface area contributed by atoms with Crippen molar-refractivity contribution >= 4 is 21.4 Å². The van der Waals surface area contributed by atoms with Crippen LogP contribution in [-0.2, 0) is 16.6 Å². The minimum Gasteiger partial charge on any atom is -0.315 e. The molecule has 2 heterocycles. The van der Waals surface area contributed by atoms with Crippen molar-refractivity contribution in [3.63, 3.8) is 0 Å². The second-order valence-electron chi connectivity index (χ2n) is 5.49. The third kappa shape index (κ3) is 4.24. The summed E-state index contributed by atoms with van der Waals surface area (Å²) >= 11 is 1.46. The Morgan fingerprint density at radius 1 is 1.38 bits per heavy atom. The topological polar surface area (TPSA) is 64.7 Å². The fraction of sp³-hybridized carbons (Fsp3) is 0.692. The Hall–Kier alpha value is -0.510. The van der Waals surface area contributed by atoms with E-state index in [1.807, 2.05) is 19.5 Å². The number of sulfonamides is 1. The van der Waals surface area contributed by atoms with Gasteiger partial charge in [0.25, 0.3) is 0 Å². The van der Waals surface area contributed by atoms with Crippen LogP contribution in [0.25, 0.3) is 0 Å². The Morgan fingerprint density at radius 2 is 2.14 bits per heavy atom. The summed E-state index contributed by atoms with van der Waals surface area (Å²) in [6.45, 7) is 3.88. The van der Waals surface area contributed by atoms with E-state index < -0.39 is 10.0 Å². The Bertz CT molecular complexity index is 558. The summed E-state index contributed by atoms with van der Waals surface area (Å²) in [7, 11) is 2.49. The van der Waals surface area contributed by atoms with Crippen LogP contribution in [0.4, 0.5) is 0 Å². The molecule has 0 aliphatic carbocycles. The van der Waals surface area contributed by atoms with E-state index >= 15 is 0 Å². The number of rotatable bonds is 6. The Kier molecular flexibility index (Phi) is 5.75. The minimum atomic E-state index is -3.43. The Morgan fingerprint density at radius 3 is 2.86 bits per heavy atom. The molecule has 2 N–H and O–H groups in total. The second-order valence-corrected chi connectivity index (χ2v) is 8.22. The van der Waals surface area contributed by atoms with Gasteiger partial charge in [0.1, 0.15) is 0 Å². The lowest BCUT2D eigenvalue weighted by Crippen LogP contribution is -2.54. The standard InChI is InChI=1S/C13H24N4O2S2/c1-14-9-12-13(4-7-20-12)21(18,19)15-8-11-10-16(2)5-6-17(11)3/h4,7,11,14-15H,5-6,8-10H2,1-3H3. The van der Waals surface area contributed by atoms with Crippen molar-refractivity contribution in [3.8, 4) is 0 Å². The molecule has 1 aliphatic heterocycles. The van der Waals surface area contributed by atoms with Gasteiger partial charge in [0, 0.05) is 43.6 Å². The highest BCUT2D eigenvalue weighted by Gasteiger charge is 2.25. The largest absolute Gasteiger partial charge is 0.315 e. The molecule has 0 aromatic carbocycles. The fourth-order valence-electron chi connectivity index (χ4n) is 2.46. The zero-order valence-corrected chi connectivity index (χ0v) is 14.4. The van der Waals surface area contributed by atoms with E-state index in [1.54, 1.807) is 6.07 Å². The van der Waals surface area contributed by atoms with Gasteiger partial charge in [0.15, 0.2) is 0 Å². The average Bonchev–Trinajstić information content (AvgIpc) is 2.89. The minimum absolute atomic E-state index is 0.213. The van der Waals surface area contributed by atoms with Crippen molar-refractivity contribution in [2.24, 2.45) is 0 Å². The molecule has 1 aliphatic rings. The first-order chi connectivity index (χ1) is 9.94. The monoisotopic (exact) mass is 332 g/mol. The highest BCUT2D eigenvalue weighted by Crippen LogP contribution is 2.21. The molecule has 1 aromatic rings. The third-order valence-corrected chi connectivity index (χ3v) is 6.38. The van der Waals surface area contributed by atoms with E-state index in [2.05, 4.69) is 26.9 Å². The van der Waals surface area contributed by atoms with Gasteiger partial charge >= 0.3 is 0 Å². The summed E-state index contributed by atoms with van der Waals surface area (Å²) in [5.41, 5.74) is 0. The number of likely N-dealkylation sites (N-methyl/N-ethyl adjacent to an activating group) is 2. The van der Waals surface area contributed by atoms with Gasteiger partial charge in [-0.05, 0) is 32.6 Å². The first-order valence-corrected chi connectivity index (χ1v) is 9.39. The molecule has 1 aromatic heterocycles. The Balaban J connectivity index is 2.02. The van der Waals surface area contributed by atoms with Crippen molar-refractivity contribution < 1.29 is 8.42 Å². The summed E-state index contributed by atoms with van der Waals surface area (Å²) in [6, 6.07) is 1.89. The molecule has 1 saturated heterocycles. The maximum atomic E-state index is 12.5. The maximum absolute atomic E-state index is 12.5. The van der Waals surface area contributed by atoms with E-state index in [-0.39, 0.29) is 6.04 Å². The van der Waals surface area contributed by atoms with Crippen molar-refractivity contribution in [1.29, 1.82) is 0 Å². The van der Waals surface area contributed by atoms with Gasteiger partial charge in [0.05, 0.1) is 4.90 Å². The van der Waals surface area contributed by atoms with Crippen LogP contribution in [0.3, 0.4) is 0 Å². The number of nitrogens with one attached hydrogen (secondary N) is 2. The number of hydrogen-bond donors (Lipinski definition) is 2. The molecule has 21 heavy (non-hydrogen) atoms. The zero-order valence-electron chi connectivity index (χ0n) is 12.8. The summed E-state index contributed by atoms with van der Waals surface area (Å²) in [6.07, 6.45) is 0. The molecular weight excluding hydrogens is 308 g/mol. The quantitative estimate of drug-likeness (QED) is 0.767. The average molecular weight is 332 g/mol. The molecule has 120 valence electrons. The maximum Gasteiger partial charge on any atom is 0.241 e. The molecule has 0 spiro atoms. The van der Waals surface area contributed by atoms with Crippen LogP contribution >= 0.6 is 11.3 Å². The molecule has 6 nitrogen and oxygen atoms in total. The smallest absolute Gasteiger partial charge is 0.241 e. The fourth-order valence-corrected chi connectivity index (χ4v) is 4.99. The SMILES string of the molecule is CNCc1sccc1S(=O)(=O)NCC1CN(C)CCN1C. The van der Waals surface area contributed by atoms with Crippen LogP contribution in [0.1, 0.15) is 4.88 Å². The van der Waals surface area contributed by atoms with E-state index in [1.165, 1.54) is 11.3 Å². The van der Waals surface area contributed by atoms with Crippen molar-refractivity contribution in [3.05, 3.63) is 16.3 Å². The first-order valence-electron chi connectivity index (χ1n) is 7.03. The molecule has 2 rings (SSSR count). The lowest BCUT2D eigenvalue weighted by Gasteiger charge is -2.37. The van der Waals surface area contributed by atoms with Crippen LogP contribution in [0.5, 0.6) is 0 Å². The predicted octanol–water partition coefficient (Wildman–Crippen LogP) is -0.00840. The number of thiophene rings is 1. The summed E-state index contributed by atoms with van der Waals surface area (Å²) < 4.78 is 27.7. The predicted molar refractivity (Wildman–Crippen MR) is 86.2 cm³/mol.